The number of halogens is 2. The monoisotopic (exact) mass is 424 g/mol. The molecule has 9 heteroatoms. The number of benzene rings is 1. The highest BCUT2D eigenvalue weighted by atomic mass is 19.2. The number of allylic oxidation sites excluding steroid dienone is 3. The number of nitrogens with zero attached hydrogens (tertiary/aromatic N) is 3. The van der Waals surface area contributed by atoms with Gasteiger partial charge < -0.3 is 15.4 Å². The van der Waals surface area contributed by atoms with Crippen LogP contribution in [0.5, 0.6) is 5.75 Å². The molecule has 2 heterocycles. The Kier molecular flexibility index (Phi) is 7.47. The van der Waals surface area contributed by atoms with Gasteiger partial charge in [-0.15, -0.1) is 5.10 Å². The maximum Gasteiger partial charge on any atom is 0.246 e. The van der Waals surface area contributed by atoms with Crippen molar-refractivity contribution in [3.8, 4) is 17.1 Å². The Bertz CT molecular complexity index is 1090. The Labute approximate surface area is 178 Å². The van der Waals surface area contributed by atoms with E-state index in [9.17, 15) is 8.78 Å². The lowest BCUT2D eigenvalue weighted by molar-refractivity contribution is 0.415. The molecule has 7 nitrogen and oxygen atoms in total. The van der Waals surface area contributed by atoms with Crippen LogP contribution in [0.2, 0.25) is 0 Å². The second kappa shape index (κ2) is 10.7. The average Bonchev–Trinajstić information content (AvgIpc) is 3.26. The zero-order chi connectivity index (χ0) is 22.1. The van der Waals surface area contributed by atoms with Gasteiger partial charge in [0.15, 0.2) is 5.82 Å². The number of hydrogen-bond acceptors (Lipinski definition) is 6. The first-order valence-electron chi connectivity index (χ1n) is 9.39. The quantitative estimate of drug-likeness (QED) is 0.399. The maximum atomic E-state index is 13.3. The fourth-order valence-electron chi connectivity index (χ4n) is 2.74. The molecule has 0 aliphatic carbocycles. The molecule has 0 spiro atoms. The largest absolute Gasteiger partial charge is 0.497 e. The van der Waals surface area contributed by atoms with E-state index in [-0.39, 0.29) is 6.54 Å². The van der Waals surface area contributed by atoms with Gasteiger partial charge in [0.2, 0.25) is 5.95 Å². The molecule has 0 saturated carbocycles. The van der Waals surface area contributed by atoms with Crippen LogP contribution in [0.3, 0.4) is 0 Å². The number of anilines is 3. The first kappa shape index (κ1) is 21.7. The highest BCUT2D eigenvalue weighted by Gasteiger charge is 2.12. The van der Waals surface area contributed by atoms with Crippen LogP contribution in [0, 0.1) is 0 Å². The summed E-state index contributed by atoms with van der Waals surface area (Å²) >= 11 is 0. The van der Waals surface area contributed by atoms with Gasteiger partial charge in [-0.2, -0.15) is 4.98 Å². The summed E-state index contributed by atoms with van der Waals surface area (Å²) in [6, 6.07) is 11.0. The molecule has 0 bridgehead atoms. The number of pyridine rings is 1. The van der Waals surface area contributed by atoms with Crippen molar-refractivity contribution in [2.45, 2.75) is 0 Å². The Morgan fingerprint density at radius 1 is 1.29 bits per heavy atom. The van der Waals surface area contributed by atoms with Gasteiger partial charge in [-0.1, -0.05) is 24.8 Å². The van der Waals surface area contributed by atoms with Crippen LogP contribution >= 0.6 is 0 Å². The molecule has 0 fully saturated rings. The fraction of sp³-hybridized carbons (Fsp3) is 0.136. The maximum absolute atomic E-state index is 13.3. The molecule has 0 aliphatic heterocycles. The van der Waals surface area contributed by atoms with Crippen LogP contribution in [0.25, 0.3) is 11.4 Å². The molecule has 0 atom stereocenters. The lowest BCUT2D eigenvalue weighted by atomic mass is 10.2. The van der Waals surface area contributed by atoms with E-state index in [0.29, 0.717) is 34.5 Å². The van der Waals surface area contributed by atoms with E-state index in [0.717, 1.165) is 11.8 Å². The molecule has 0 amide bonds. The smallest absolute Gasteiger partial charge is 0.246 e. The Morgan fingerprint density at radius 3 is 2.94 bits per heavy atom. The van der Waals surface area contributed by atoms with Crippen molar-refractivity contribution in [1.82, 2.24) is 20.2 Å². The third-order valence-electron chi connectivity index (χ3n) is 4.14. The lowest BCUT2D eigenvalue weighted by Crippen LogP contribution is -2.07. The third-order valence-corrected chi connectivity index (χ3v) is 4.14. The van der Waals surface area contributed by atoms with Crippen molar-refractivity contribution in [3.05, 3.63) is 78.8 Å². The number of nitrogens with one attached hydrogen (secondary N) is 3. The molecule has 3 N–H and O–H groups in total. The van der Waals surface area contributed by atoms with Crippen LogP contribution < -0.4 is 15.4 Å². The summed E-state index contributed by atoms with van der Waals surface area (Å²) in [4.78, 5) is 8.79. The van der Waals surface area contributed by atoms with Crippen LogP contribution in [0.1, 0.15) is 0 Å². The third kappa shape index (κ3) is 5.99. The van der Waals surface area contributed by atoms with Gasteiger partial charge in [0.25, 0.3) is 0 Å². The van der Waals surface area contributed by atoms with Crippen molar-refractivity contribution in [2.24, 2.45) is 0 Å². The Balaban J connectivity index is 1.77. The van der Waals surface area contributed by atoms with Crippen molar-refractivity contribution in [3.63, 3.8) is 0 Å². The van der Waals surface area contributed by atoms with Gasteiger partial charge in [0, 0.05) is 24.5 Å². The minimum Gasteiger partial charge on any atom is -0.497 e. The zero-order valence-corrected chi connectivity index (χ0v) is 16.9. The normalized spacial score (nSPS) is 11.8. The van der Waals surface area contributed by atoms with E-state index in [1.54, 1.807) is 25.4 Å². The van der Waals surface area contributed by atoms with E-state index < -0.39 is 12.5 Å². The SMILES string of the molecule is C=C/C=C(\C=C(\F)CF)CNc1ncccc1-c1nc(Nc2cccc(OC)c2)n[nH]1. The summed E-state index contributed by atoms with van der Waals surface area (Å²) in [5.74, 6) is 1.22. The number of ether oxygens (including phenoxy) is 1. The second-order valence-corrected chi connectivity index (χ2v) is 6.32. The Hall–Kier alpha value is -4.01. The minimum absolute atomic E-state index is 0.215. The number of methoxy groups -OCH3 is 1. The van der Waals surface area contributed by atoms with Crippen molar-refractivity contribution in [1.29, 1.82) is 0 Å². The summed E-state index contributed by atoms with van der Waals surface area (Å²) in [6.07, 6.45) is 5.84. The number of aromatic nitrogens is 4. The van der Waals surface area contributed by atoms with Crippen molar-refractivity contribution in [2.75, 3.05) is 31.0 Å². The molecule has 31 heavy (non-hydrogen) atoms. The number of hydrogen-bond donors (Lipinski definition) is 3. The van der Waals surface area contributed by atoms with Crippen LogP contribution in [-0.4, -0.2) is 40.5 Å². The van der Waals surface area contributed by atoms with E-state index in [4.69, 9.17) is 4.74 Å². The van der Waals surface area contributed by atoms with E-state index in [1.165, 1.54) is 6.08 Å². The summed E-state index contributed by atoms with van der Waals surface area (Å²) in [6.45, 7) is 2.65. The summed E-state index contributed by atoms with van der Waals surface area (Å²) in [5, 5.41) is 13.3. The fourth-order valence-corrected chi connectivity index (χ4v) is 2.74. The van der Waals surface area contributed by atoms with E-state index >= 15 is 0 Å². The van der Waals surface area contributed by atoms with Crippen LogP contribution in [-0.2, 0) is 0 Å². The molecule has 0 aliphatic rings. The summed E-state index contributed by atoms with van der Waals surface area (Å²) < 4.78 is 31.0. The number of H-pyrrole nitrogens is 1. The molecule has 1 aromatic carbocycles. The summed E-state index contributed by atoms with van der Waals surface area (Å²) in [5.41, 5.74) is 1.96. The van der Waals surface area contributed by atoms with Gasteiger partial charge in [-0.3, -0.25) is 5.10 Å². The highest BCUT2D eigenvalue weighted by molar-refractivity contribution is 5.71. The molecule has 0 unspecified atom stereocenters. The molecule has 0 radical (unpaired) electrons. The topological polar surface area (TPSA) is 87.8 Å². The number of rotatable bonds is 10. The van der Waals surface area contributed by atoms with Gasteiger partial charge in [-0.05, 0) is 35.9 Å². The number of aromatic amines is 1. The first-order chi connectivity index (χ1) is 15.1. The molecular formula is C22H22F2N6O. The zero-order valence-electron chi connectivity index (χ0n) is 16.9. The molecule has 160 valence electrons. The van der Waals surface area contributed by atoms with Gasteiger partial charge >= 0.3 is 0 Å². The van der Waals surface area contributed by atoms with Gasteiger partial charge in [0.05, 0.1) is 12.7 Å². The predicted octanol–water partition coefficient (Wildman–Crippen LogP) is 4.97. The predicted molar refractivity (Wildman–Crippen MR) is 118 cm³/mol. The van der Waals surface area contributed by atoms with E-state index in [1.807, 2.05) is 30.3 Å². The van der Waals surface area contributed by atoms with Crippen molar-refractivity contribution < 1.29 is 13.5 Å². The molecule has 3 aromatic rings. The minimum atomic E-state index is -1.16. The van der Waals surface area contributed by atoms with E-state index in [2.05, 4.69) is 37.4 Å². The standard InChI is InChI=1S/C22H22F2N6O/c1-3-6-15(11-16(24)13-23)14-26-20-19(9-5-10-25-20)21-28-22(30-29-21)27-17-7-4-8-18(12-17)31-2/h3-12H,1,13-14H2,2H3,(H,25,26)(H2,27,28,29,30)/b15-6+,16-11+. The van der Waals surface area contributed by atoms with Gasteiger partial charge in [0.1, 0.15) is 24.1 Å². The molecule has 2 aromatic heterocycles. The Morgan fingerprint density at radius 2 is 2.16 bits per heavy atom. The molecule has 0 saturated heterocycles. The van der Waals surface area contributed by atoms with Gasteiger partial charge in [-0.25, -0.2) is 13.8 Å². The lowest BCUT2D eigenvalue weighted by Gasteiger charge is -2.10. The average molecular weight is 424 g/mol. The summed E-state index contributed by atoms with van der Waals surface area (Å²) in [7, 11) is 1.60. The van der Waals surface area contributed by atoms with Crippen molar-refractivity contribution >= 4 is 17.5 Å². The molecule has 3 rings (SSSR count). The highest BCUT2D eigenvalue weighted by Crippen LogP contribution is 2.25. The van der Waals surface area contributed by atoms with Crippen LogP contribution in [0.15, 0.2) is 78.8 Å². The van der Waals surface area contributed by atoms with Crippen LogP contribution in [0.4, 0.5) is 26.2 Å². The first-order valence-corrected chi connectivity index (χ1v) is 9.39. The molecular weight excluding hydrogens is 402 g/mol. The number of alkyl halides is 1. The second-order valence-electron chi connectivity index (χ2n) is 6.32.